The molecule has 1 saturated carbocycles. The minimum atomic E-state index is -0.861. The summed E-state index contributed by atoms with van der Waals surface area (Å²) in [5.41, 5.74) is 0.490. The maximum Gasteiger partial charge on any atom is 0.305 e. The molecule has 0 radical (unpaired) electrons. The molecule has 1 unspecified atom stereocenters. The summed E-state index contributed by atoms with van der Waals surface area (Å²) in [6, 6.07) is 7.71. The lowest BCUT2D eigenvalue weighted by Gasteiger charge is -2.42. The van der Waals surface area contributed by atoms with Crippen LogP contribution in [0, 0.1) is 5.92 Å². The number of nitrogens with one attached hydrogen (secondary N) is 1. The van der Waals surface area contributed by atoms with Gasteiger partial charge in [0.1, 0.15) is 12.4 Å². The number of para-hydroxylation sites is 1. The van der Waals surface area contributed by atoms with Crippen LogP contribution in [0.3, 0.4) is 0 Å². The van der Waals surface area contributed by atoms with E-state index in [0.29, 0.717) is 13.0 Å². The Labute approximate surface area is 123 Å². The van der Waals surface area contributed by atoms with Gasteiger partial charge in [-0.25, -0.2) is 0 Å². The number of carboxylic acid groups (broad SMARTS) is 1. The van der Waals surface area contributed by atoms with Crippen LogP contribution in [-0.4, -0.2) is 29.1 Å². The average Bonchev–Trinajstić information content (AvgIpc) is 2.43. The standard InChI is InChI=1S/C16H19NO4/c18-14(19)9-16(6-3-7-16)17-15(20)12-8-11-4-1-2-5-13(11)21-10-12/h1-2,4-5,12H,3,6-10H2,(H,17,20)(H,18,19). The molecule has 112 valence electrons. The highest BCUT2D eigenvalue weighted by Gasteiger charge is 2.41. The van der Waals surface area contributed by atoms with Crippen LogP contribution in [-0.2, 0) is 16.0 Å². The van der Waals surface area contributed by atoms with Crippen LogP contribution in [0.4, 0.5) is 0 Å². The summed E-state index contributed by atoms with van der Waals surface area (Å²) in [4.78, 5) is 23.4. The van der Waals surface area contributed by atoms with E-state index in [-0.39, 0.29) is 18.2 Å². The van der Waals surface area contributed by atoms with Crippen molar-refractivity contribution in [1.29, 1.82) is 0 Å². The zero-order valence-corrected chi connectivity index (χ0v) is 11.8. The molecule has 1 aromatic rings. The number of hydrogen-bond acceptors (Lipinski definition) is 3. The van der Waals surface area contributed by atoms with E-state index in [0.717, 1.165) is 30.6 Å². The molecule has 5 heteroatoms. The molecule has 3 rings (SSSR count). The van der Waals surface area contributed by atoms with E-state index < -0.39 is 11.5 Å². The topological polar surface area (TPSA) is 75.6 Å². The fraction of sp³-hybridized carbons (Fsp3) is 0.500. The second kappa shape index (κ2) is 5.39. The van der Waals surface area contributed by atoms with Gasteiger partial charge in [0, 0.05) is 0 Å². The summed E-state index contributed by atoms with van der Waals surface area (Å²) in [5, 5.41) is 12.0. The highest BCUT2D eigenvalue weighted by molar-refractivity contribution is 5.81. The van der Waals surface area contributed by atoms with E-state index in [1.807, 2.05) is 24.3 Å². The number of carbonyl (C=O) groups excluding carboxylic acids is 1. The summed E-state index contributed by atoms with van der Waals surface area (Å²) in [7, 11) is 0. The molecule has 2 aliphatic rings. The zero-order chi connectivity index (χ0) is 14.9. The van der Waals surface area contributed by atoms with Gasteiger partial charge in [0.2, 0.25) is 5.91 Å². The maximum atomic E-state index is 12.4. The first kappa shape index (κ1) is 13.9. The van der Waals surface area contributed by atoms with E-state index in [1.54, 1.807) is 0 Å². The second-order valence-corrected chi connectivity index (χ2v) is 6.01. The van der Waals surface area contributed by atoms with E-state index in [2.05, 4.69) is 5.32 Å². The van der Waals surface area contributed by atoms with Crippen molar-refractivity contribution >= 4 is 11.9 Å². The Morgan fingerprint density at radius 2 is 2.10 bits per heavy atom. The molecule has 1 amide bonds. The fourth-order valence-corrected chi connectivity index (χ4v) is 3.10. The van der Waals surface area contributed by atoms with Gasteiger partial charge in [0.25, 0.3) is 0 Å². The molecular weight excluding hydrogens is 270 g/mol. The number of ether oxygens (including phenoxy) is 1. The van der Waals surface area contributed by atoms with Gasteiger partial charge >= 0.3 is 5.97 Å². The van der Waals surface area contributed by atoms with Crippen molar-refractivity contribution in [3.05, 3.63) is 29.8 Å². The highest BCUT2D eigenvalue weighted by Crippen LogP contribution is 2.36. The first-order valence-corrected chi connectivity index (χ1v) is 7.32. The molecule has 0 aromatic heterocycles. The Morgan fingerprint density at radius 1 is 1.33 bits per heavy atom. The smallest absolute Gasteiger partial charge is 0.305 e. The Morgan fingerprint density at radius 3 is 2.76 bits per heavy atom. The van der Waals surface area contributed by atoms with Gasteiger partial charge in [-0.15, -0.1) is 0 Å². The number of amides is 1. The van der Waals surface area contributed by atoms with Crippen molar-refractivity contribution in [1.82, 2.24) is 5.32 Å². The minimum absolute atomic E-state index is 0.00288. The van der Waals surface area contributed by atoms with Gasteiger partial charge in [0.05, 0.1) is 17.9 Å². The lowest BCUT2D eigenvalue weighted by Crippen LogP contribution is -2.57. The summed E-state index contributed by atoms with van der Waals surface area (Å²) in [6.45, 7) is 0.353. The molecule has 1 aliphatic carbocycles. The number of hydrogen-bond donors (Lipinski definition) is 2. The molecule has 21 heavy (non-hydrogen) atoms. The van der Waals surface area contributed by atoms with Crippen LogP contribution in [0.2, 0.25) is 0 Å². The van der Waals surface area contributed by atoms with E-state index in [9.17, 15) is 9.59 Å². The predicted molar refractivity (Wildman–Crippen MR) is 76.1 cm³/mol. The largest absolute Gasteiger partial charge is 0.492 e. The van der Waals surface area contributed by atoms with Gasteiger partial charge in [0.15, 0.2) is 0 Å². The maximum absolute atomic E-state index is 12.4. The Hall–Kier alpha value is -2.04. The molecule has 1 heterocycles. The van der Waals surface area contributed by atoms with Gasteiger partial charge in [-0.3, -0.25) is 9.59 Å². The quantitative estimate of drug-likeness (QED) is 0.885. The third-order valence-electron chi connectivity index (χ3n) is 4.44. The second-order valence-electron chi connectivity index (χ2n) is 6.01. The molecule has 1 atom stereocenters. The van der Waals surface area contributed by atoms with Gasteiger partial charge in [-0.2, -0.15) is 0 Å². The zero-order valence-electron chi connectivity index (χ0n) is 11.8. The van der Waals surface area contributed by atoms with Crippen molar-refractivity contribution in [2.75, 3.05) is 6.61 Å². The minimum Gasteiger partial charge on any atom is -0.492 e. The van der Waals surface area contributed by atoms with Crippen molar-refractivity contribution < 1.29 is 19.4 Å². The number of fused-ring (bicyclic) bond motifs is 1. The predicted octanol–water partition coefficient (Wildman–Crippen LogP) is 1.75. The Bertz CT molecular complexity index is 565. The molecule has 0 spiro atoms. The third-order valence-corrected chi connectivity index (χ3v) is 4.44. The summed E-state index contributed by atoms with van der Waals surface area (Å²) in [5.74, 6) is -0.359. The number of carbonyl (C=O) groups is 2. The van der Waals surface area contributed by atoms with Crippen LogP contribution < -0.4 is 10.1 Å². The van der Waals surface area contributed by atoms with Crippen molar-refractivity contribution in [2.24, 2.45) is 5.92 Å². The molecule has 0 bridgehead atoms. The number of aliphatic carboxylic acids is 1. The average molecular weight is 289 g/mol. The lowest BCUT2D eigenvalue weighted by atomic mass is 9.74. The van der Waals surface area contributed by atoms with E-state index in [1.165, 1.54) is 0 Å². The van der Waals surface area contributed by atoms with Crippen LogP contribution >= 0.6 is 0 Å². The van der Waals surface area contributed by atoms with Crippen molar-refractivity contribution in [3.8, 4) is 5.75 Å². The fourth-order valence-electron chi connectivity index (χ4n) is 3.10. The summed E-state index contributed by atoms with van der Waals surface area (Å²) in [6.07, 6.45) is 3.11. The van der Waals surface area contributed by atoms with Crippen molar-refractivity contribution in [2.45, 2.75) is 37.6 Å². The number of carboxylic acids is 1. The Balaban J connectivity index is 1.65. The number of benzene rings is 1. The number of rotatable bonds is 4. The highest BCUT2D eigenvalue weighted by atomic mass is 16.5. The SMILES string of the molecule is O=C(O)CC1(NC(=O)C2COc3ccccc3C2)CCC1. The third kappa shape index (κ3) is 2.86. The summed E-state index contributed by atoms with van der Waals surface area (Å²) < 4.78 is 5.63. The van der Waals surface area contributed by atoms with Crippen LogP contribution in [0.25, 0.3) is 0 Å². The van der Waals surface area contributed by atoms with Gasteiger partial charge in [-0.1, -0.05) is 18.2 Å². The van der Waals surface area contributed by atoms with Gasteiger partial charge < -0.3 is 15.2 Å². The van der Waals surface area contributed by atoms with Crippen LogP contribution in [0.1, 0.15) is 31.2 Å². The normalized spacial score (nSPS) is 22.4. The molecule has 5 nitrogen and oxygen atoms in total. The molecule has 1 aliphatic heterocycles. The first-order valence-electron chi connectivity index (χ1n) is 7.32. The lowest BCUT2D eigenvalue weighted by molar-refractivity contribution is -0.141. The monoisotopic (exact) mass is 289 g/mol. The van der Waals surface area contributed by atoms with Crippen LogP contribution in [0.5, 0.6) is 5.75 Å². The molecular formula is C16H19NO4. The summed E-state index contributed by atoms with van der Waals surface area (Å²) >= 11 is 0. The molecule has 1 aromatic carbocycles. The van der Waals surface area contributed by atoms with Crippen LogP contribution in [0.15, 0.2) is 24.3 Å². The molecule has 1 fully saturated rings. The molecule has 2 N–H and O–H groups in total. The Kier molecular flexibility index (Phi) is 3.57. The van der Waals surface area contributed by atoms with Crippen molar-refractivity contribution in [3.63, 3.8) is 0 Å². The van der Waals surface area contributed by atoms with E-state index >= 15 is 0 Å². The first-order chi connectivity index (χ1) is 10.1. The van der Waals surface area contributed by atoms with E-state index in [4.69, 9.17) is 9.84 Å². The molecule has 0 saturated heterocycles. The van der Waals surface area contributed by atoms with Gasteiger partial charge in [-0.05, 0) is 37.3 Å².